The minimum absolute atomic E-state index is 0.0441. The maximum atomic E-state index is 13.0. The van der Waals surface area contributed by atoms with E-state index in [1.54, 1.807) is 6.08 Å². The molecule has 0 aromatic heterocycles. The minimum Gasteiger partial charge on any atom is -0.387 e. The summed E-state index contributed by atoms with van der Waals surface area (Å²) >= 11 is 0. The lowest BCUT2D eigenvalue weighted by Crippen LogP contribution is -2.45. The molecule has 3 unspecified atom stereocenters. The number of amides is 1. The topological polar surface area (TPSA) is 105 Å². The van der Waals surface area contributed by atoms with Crippen molar-refractivity contribution in [3.05, 3.63) is 122 Å². The van der Waals surface area contributed by atoms with Crippen molar-refractivity contribution < 1.29 is 32.9 Å². The number of carbonyl (C=O) groups excluding carboxylic acids is 1. The van der Waals surface area contributed by atoms with Gasteiger partial charge in [0.05, 0.1) is 39.9 Å². The highest BCUT2D eigenvalue weighted by Crippen LogP contribution is 2.43. The molecule has 0 aromatic rings. The van der Waals surface area contributed by atoms with E-state index in [1.165, 1.54) is 141 Å². The van der Waals surface area contributed by atoms with Crippen LogP contribution in [0.25, 0.3) is 0 Å². The van der Waals surface area contributed by atoms with Gasteiger partial charge in [-0.25, -0.2) is 4.57 Å². The molecule has 3 atom stereocenters. The van der Waals surface area contributed by atoms with Gasteiger partial charge in [0, 0.05) is 6.42 Å². The summed E-state index contributed by atoms with van der Waals surface area (Å²) in [6, 6.07) is -0.888. The Morgan fingerprint density at radius 1 is 0.455 bits per heavy atom. The van der Waals surface area contributed by atoms with Gasteiger partial charge in [0.25, 0.3) is 0 Å². The molecule has 1 amide bonds. The van der Waals surface area contributed by atoms with Crippen LogP contribution >= 0.6 is 7.82 Å². The summed E-state index contributed by atoms with van der Waals surface area (Å²) in [4.78, 5) is 23.3. The molecule has 9 heteroatoms. The van der Waals surface area contributed by atoms with Crippen LogP contribution in [0.1, 0.15) is 251 Å². The van der Waals surface area contributed by atoms with Gasteiger partial charge in [-0.15, -0.1) is 0 Å². The van der Waals surface area contributed by atoms with E-state index in [4.69, 9.17) is 9.05 Å². The summed E-state index contributed by atoms with van der Waals surface area (Å²) in [7, 11) is 1.52. The van der Waals surface area contributed by atoms with E-state index < -0.39 is 20.0 Å². The molecule has 0 aromatic carbocycles. The van der Waals surface area contributed by atoms with Gasteiger partial charge in [0.1, 0.15) is 13.2 Å². The van der Waals surface area contributed by atoms with Crippen LogP contribution in [0, 0.1) is 0 Å². The first-order chi connectivity index (χ1) is 37.5. The number of nitrogens with one attached hydrogen (secondary N) is 1. The number of phosphoric ester groups is 1. The fraction of sp³-hybridized carbons (Fsp3) is 0.691. The Morgan fingerprint density at radius 3 is 1.13 bits per heavy atom. The van der Waals surface area contributed by atoms with E-state index in [0.717, 1.165) is 83.5 Å². The second-order valence-corrected chi connectivity index (χ2v) is 23.5. The van der Waals surface area contributed by atoms with E-state index in [0.29, 0.717) is 17.4 Å². The Kier molecular flexibility index (Phi) is 55.3. The van der Waals surface area contributed by atoms with Crippen LogP contribution in [0.4, 0.5) is 0 Å². The van der Waals surface area contributed by atoms with E-state index in [-0.39, 0.29) is 25.5 Å². The molecule has 442 valence electrons. The van der Waals surface area contributed by atoms with Gasteiger partial charge < -0.3 is 19.8 Å². The molecule has 0 aliphatic carbocycles. The predicted octanol–water partition coefficient (Wildman–Crippen LogP) is 19.7. The number of phosphoric acid groups is 1. The van der Waals surface area contributed by atoms with Crippen LogP contribution in [0.3, 0.4) is 0 Å². The molecule has 0 saturated carbocycles. The van der Waals surface area contributed by atoms with Gasteiger partial charge in [0.15, 0.2) is 0 Å². The van der Waals surface area contributed by atoms with E-state index in [2.05, 4.69) is 129 Å². The van der Waals surface area contributed by atoms with Crippen molar-refractivity contribution in [1.29, 1.82) is 0 Å². The molecular weight excluding hydrogens is 972 g/mol. The molecule has 0 fully saturated rings. The van der Waals surface area contributed by atoms with Gasteiger partial charge in [-0.05, 0) is 83.5 Å². The van der Waals surface area contributed by atoms with Crippen LogP contribution in [-0.4, -0.2) is 73.4 Å². The Hall–Kier alpha value is -3.10. The first-order valence-electron chi connectivity index (χ1n) is 31.4. The lowest BCUT2D eigenvalue weighted by atomic mass is 10.0. The molecule has 77 heavy (non-hydrogen) atoms. The molecule has 0 saturated heterocycles. The number of allylic oxidation sites excluding steroid dienone is 19. The fourth-order valence-electron chi connectivity index (χ4n) is 8.57. The van der Waals surface area contributed by atoms with Crippen molar-refractivity contribution in [2.45, 2.75) is 264 Å². The van der Waals surface area contributed by atoms with E-state index in [9.17, 15) is 19.4 Å². The zero-order valence-electron chi connectivity index (χ0n) is 50.4. The number of unbranched alkanes of at least 4 members (excludes halogenated alkanes) is 25. The maximum Gasteiger partial charge on any atom is 0.472 e. The molecule has 0 radical (unpaired) electrons. The quantitative estimate of drug-likeness (QED) is 0.0243. The van der Waals surface area contributed by atoms with Crippen LogP contribution in [0.5, 0.6) is 0 Å². The number of rotatable bonds is 56. The number of nitrogens with zero attached hydrogens (tertiary/aromatic N) is 1. The molecule has 0 bridgehead atoms. The molecule has 0 aliphatic heterocycles. The first-order valence-corrected chi connectivity index (χ1v) is 32.9. The smallest absolute Gasteiger partial charge is 0.387 e. The second kappa shape index (κ2) is 57.6. The molecule has 0 spiro atoms. The van der Waals surface area contributed by atoms with Gasteiger partial charge in [-0.3, -0.25) is 13.8 Å². The Balaban J connectivity index is 4.32. The highest BCUT2D eigenvalue weighted by Gasteiger charge is 2.27. The van der Waals surface area contributed by atoms with Gasteiger partial charge >= 0.3 is 7.82 Å². The molecule has 0 heterocycles. The summed E-state index contributed by atoms with van der Waals surface area (Å²) in [6.45, 7) is 4.67. The highest BCUT2D eigenvalue weighted by atomic mass is 31.2. The normalized spacial score (nSPS) is 14.6. The van der Waals surface area contributed by atoms with Crippen molar-refractivity contribution in [3.63, 3.8) is 0 Å². The maximum absolute atomic E-state index is 13.0. The van der Waals surface area contributed by atoms with Crippen LogP contribution in [0.2, 0.25) is 0 Å². The Labute approximate surface area is 475 Å². The van der Waals surface area contributed by atoms with Crippen molar-refractivity contribution in [1.82, 2.24) is 5.32 Å². The summed E-state index contributed by atoms with van der Waals surface area (Å²) in [5.41, 5.74) is 0. The summed E-state index contributed by atoms with van der Waals surface area (Å²) in [5.74, 6) is -0.237. The largest absolute Gasteiger partial charge is 0.472 e. The van der Waals surface area contributed by atoms with Crippen molar-refractivity contribution in [3.8, 4) is 0 Å². The number of quaternary nitrogens is 1. The lowest BCUT2D eigenvalue weighted by Gasteiger charge is -2.25. The molecule has 0 rings (SSSR count). The van der Waals surface area contributed by atoms with Crippen LogP contribution in [-0.2, 0) is 18.4 Å². The summed E-state index contributed by atoms with van der Waals surface area (Å²) in [6.07, 6.45) is 86.1. The third-order valence-electron chi connectivity index (χ3n) is 13.4. The number of aliphatic hydroxyl groups excluding tert-OH is 1. The first kappa shape index (κ1) is 73.9. The average Bonchev–Trinajstić information content (AvgIpc) is 3.39. The molecule has 0 aliphatic rings. The van der Waals surface area contributed by atoms with Gasteiger partial charge in [0.2, 0.25) is 5.91 Å². The van der Waals surface area contributed by atoms with Crippen molar-refractivity contribution in [2.75, 3.05) is 40.9 Å². The average molecular weight is 1090 g/mol. The van der Waals surface area contributed by atoms with E-state index in [1.807, 2.05) is 27.2 Å². The number of hydrogen-bond acceptors (Lipinski definition) is 5. The third kappa shape index (κ3) is 60.4. The van der Waals surface area contributed by atoms with Crippen LogP contribution in [0.15, 0.2) is 122 Å². The zero-order valence-corrected chi connectivity index (χ0v) is 51.3. The lowest BCUT2D eigenvalue weighted by molar-refractivity contribution is -0.870. The fourth-order valence-corrected chi connectivity index (χ4v) is 9.31. The molecule has 8 nitrogen and oxygen atoms in total. The molecular formula is C68H120N2O6P+. The van der Waals surface area contributed by atoms with Crippen molar-refractivity contribution >= 4 is 13.7 Å². The van der Waals surface area contributed by atoms with Crippen molar-refractivity contribution in [2.24, 2.45) is 0 Å². The predicted molar refractivity (Wildman–Crippen MR) is 336 cm³/mol. The SMILES string of the molecule is CC/C=C\C/C=C\C/C=C\C/C=C\C/C=C\C/C=C\C/C=C\C/C=C\C/C=C\CCCC(=O)NC(COP(=O)(O)OCC[N+](C)(C)C)C(O)/C=C/CCCCCCCCCCCCCCCCCCCCCCCCCC. The molecule has 3 N–H and O–H groups in total. The summed E-state index contributed by atoms with van der Waals surface area (Å²) in [5, 5.41) is 13.9. The second-order valence-electron chi connectivity index (χ2n) is 22.1. The third-order valence-corrected chi connectivity index (χ3v) is 14.4. The van der Waals surface area contributed by atoms with Gasteiger partial charge in [-0.1, -0.05) is 283 Å². The Morgan fingerprint density at radius 2 is 0.779 bits per heavy atom. The number of hydrogen-bond donors (Lipinski definition) is 3. The summed E-state index contributed by atoms with van der Waals surface area (Å²) < 4.78 is 23.7. The van der Waals surface area contributed by atoms with Crippen LogP contribution < -0.4 is 5.32 Å². The zero-order chi connectivity index (χ0) is 56.3. The Bertz CT molecular complexity index is 1670. The highest BCUT2D eigenvalue weighted by molar-refractivity contribution is 7.47. The number of aliphatic hydroxyl groups is 1. The van der Waals surface area contributed by atoms with Gasteiger partial charge in [-0.2, -0.15) is 0 Å². The minimum atomic E-state index is -4.38. The standard InChI is InChI=1S/C68H119N2O6P/c1-6-8-10-12-14-16-18-20-22-24-26-28-30-32-34-35-36-38-40-42-44-46-48-50-52-54-56-58-60-62-68(72)69-66(65-76-77(73,74)75-64-63-70(3,4)5)67(71)61-59-57-55-53-51-49-47-45-43-41-39-37-33-31-29-27-25-23-21-19-17-15-13-11-9-7-2/h8,10,14,16,20,22,26,28,32,34,36,38,42,44,48,50,54,56,59,61,66-67,71H,6-7,9,11-13,15,17-19,21,23-25,27,29-31,33,35,37,39-41,43,45-47,49,51-53,55,57-58,60,62-65H2,1-5H3,(H-,69,72,73,74)/p+1/b10-8-,16-14-,22-20-,28-26-,34-32-,38-36-,44-42-,50-48-,56-54-,61-59+. The monoisotopic (exact) mass is 1090 g/mol. The van der Waals surface area contributed by atoms with E-state index >= 15 is 0 Å². The number of likely N-dealkylation sites (N-methyl/N-ethyl adjacent to an activating group) is 1. The number of carbonyl (C=O) groups is 1.